The van der Waals surface area contributed by atoms with E-state index in [4.69, 9.17) is 14.3 Å². The molecule has 1 aliphatic carbocycles. The van der Waals surface area contributed by atoms with Crippen molar-refractivity contribution in [1.29, 1.82) is 0 Å². The number of oxime groups is 1. The molecule has 5 nitrogen and oxygen atoms in total. The van der Waals surface area contributed by atoms with E-state index in [1.54, 1.807) is 6.07 Å². The van der Waals surface area contributed by atoms with Crippen molar-refractivity contribution in [3.8, 4) is 0 Å². The molecule has 1 fully saturated rings. The summed E-state index contributed by atoms with van der Waals surface area (Å²) in [6, 6.07) is 10.9. The highest BCUT2D eigenvalue weighted by atomic mass is 32.1. The van der Waals surface area contributed by atoms with Crippen LogP contribution in [0.4, 0.5) is 13.2 Å². The van der Waals surface area contributed by atoms with Gasteiger partial charge in [0.05, 0.1) is 31.8 Å². The van der Waals surface area contributed by atoms with Crippen LogP contribution >= 0.6 is 11.3 Å². The van der Waals surface area contributed by atoms with Gasteiger partial charge in [-0.2, -0.15) is 13.2 Å². The zero-order chi connectivity index (χ0) is 24.3. The normalized spacial score (nSPS) is 14.9. The van der Waals surface area contributed by atoms with Crippen molar-refractivity contribution in [2.45, 2.75) is 25.6 Å². The molecular weight excluding hydrogens is 467 g/mol. The predicted octanol–water partition coefficient (Wildman–Crippen LogP) is 6.41. The maximum absolute atomic E-state index is 13.1. The topological polar surface area (TPSA) is 57.1 Å². The smallest absolute Gasteiger partial charge is 0.416 e. The van der Waals surface area contributed by atoms with Gasteiger partial charge in [0.1, 0.15) is 12.2 Å². The second kappa shape index (κ2) is 9.89. The van der Waals surface area contributed by atoms with Crippen LogP contribution in [0.3, 0.4) is 0 Å². The summed E-state index contributed by atoms with van der Waals surface area (Å²) in [4.78, 5) is 17.8. The molecular formula is C25H22F3NO4S. The standard InChI is InChI=1S/C25H22F3NO4S/c1-31-13-20(24(30)32-2)21-14-34-22-9-6-15(10-19(21)22)12-33-29-23(16-7-8-16)17-4-3-5-18(11-17)25(26,27)28/h3-6,9-11,13-14,16H,7-8,12H2,1-2H3. The molecule has 0 bridgehead atoms. The molecule has 3 aromatic rings. The quantitative estimate of drug-likeness (QED) is 0.121. The third kappa shape index (κ3) is 5.25. The monoisotopic (exact) mass is 489 g/mol. The molecule has 1 saturated carbocycles. The van der Waals surface area contributed by atoms with Crippen LogP contribution in [0.15, 0.2) is 59.3 Å². The number of hydrogen-bond donors (Lipinski definition) is 0. The fourth-order valence-electron chi connectivity index (χ4n) is 3.57. The zero-order valence-electron chi connectivity index (χ0n) is 18.5. The first kappa shape index (κ1) is 23.8. The number of ether oxygens (including phenoxy) is 2. The molecule has 1 aromatic heterocycles. The molecule has 0 spiro atoms. The number of hydrogen-bond acceptors (Lipinski definition) is 6. The van der Waals surface area contributed by atoms with Crippen LogP contribution in [-0.2, 0) is 31.9 Å². The maximum atomic E-state index is 13.1. The van der Waals surface area contributed by atoms with Gasteiger partial charge in [-0.15, -0.1) is 11.3 Å². The lowest BCUT2D eigenvalue weighted by molar-refractivity contribution is -0.137. The van der Waals surface area contributed by atoms with Crippen LogP contribution in [0.5, 0.6) is 0 Å². The number of carbonyl (C=O) groups is 1. The summed E-state index contributed by atoms with van der Waals surface area (Å²) in [6.07, 6.45) is -1.34. The van der Waals surface area contributed by atoms with Crippen LogP contribution in [0.2, 0.25) is 0 Å². The van der Waals surface area contributed by atoms with E-state index in [9.17, 15) is 18.0 Å². The molecule has 0 unspecified atom stereocenters. The molecule has 0 saturated heterocycles. The number of benzene rings is 2. The Morgan fingerprint density at radius 2 is 1.97 bits per heavy atom. The highest BCUT2D eigenvalue weighted by Gasteiger charge is 2.33. The van der Waals surface area contributed by atoms with E-state index >= 15 is 0 Å². The van der Waals surface area contributed by atoms with Gasteiger partial charge in [-0.05, 0) is 42.7 Å². The molecule has 178 valence electrons. The largest absolute Gasteiger partial charge is 0.503 e. The molecule has 1 aliphatic rings. The average molecular weight is 490 g/mol. The van der Waals surface area contributed by atoms with Crippen molar-refractivity contribution in [2.24, 2.45) is 11.1 Å². The first-order valence-corrected chi connectivity index (χ1v) is 11.4. The van der Waals surface area contributed by atoms with Gasteiger partial charge in [0.15, 0.2) is 0 Å². The first-order chi connectivity index (χ1) is 16.3. The summed E-state index contributed by atoms with van der Waals surface area (Å²) in [5.41, 5.74) is 2.02. The molecule has 9 heteroatoms. The zero-order valence-corrected chi connectivity index (χ0v) is 19.3. The Labute approximate surface area is 198 Å². The number of alkyl halides is 3. The molecule has 0 aliphatic heterocycles. The van der Waals surface area contributed by atoms with Crippen molar-refractivity contribution in [3.05, 3.63) is 76.4 Å². The van der Waals surface area contributed by atoms with Gasteiger partial charge in [0.25, 0.3) is 0 Å². The lowest BCUT2D eigenvalue weighted by atomic mass is 10.0. The van der Waals surface area contributed by atoms with E-state index in [0.29, 0.717) is 22.4 Å². The SMILES string of the molecule is COC=C(C(=O)OC)c1csc2ccc(CON=C(c3cccc(C(F)(F)F)c3)C3CC3)cc12. The molecule has 2 aromatic carbocycles. The van der Waals surface area contributed by atoms with Gasteiger partial charge < -0.3 is 14.3 Å². The number of rotatable bonds is 8. The summed E-state index contributed by atoms with van der Waals surface area (Å²) in [5, 5.41) is 6.91. The third-order valence-corrected chi connectivity index (χ3v) is 6.38. The van der Waals surface area contributed by atoms with Crippen molar-refractivity contribution >= 4 is 38.7 Å². The number of halogens is 3. The van der Waals surface area contributed by atoms with Gasteiger partial charge >= 0.3 is 12.1 Å². The molecule has 0 radical (unpaired) electrons. The second-order valence-electron chi connectivity index (χ2n) is 7.84. The number of thiophene rings is 1. The minimum atomic E-state index is -4.42. The lowest BCUT2D eigenvalue weighted by Crippen LogP contribution is -2.09. The van der Waals surface area contributed by atoms with Crippen molar-refractivity contribution in [1.82, 2.24) is 0 Å². The first-order valence-electron chi connectivity index (χ1n) is 10.5. The third-order valence-electron chi connectivity index (χ3n) is 5.41. The Balaban J connectivity index is 1.57. The molecule has 0 N–H and O–H groups in total. The predicted molar refractivity (Wildman–Crippen MR) is 124 cm³/mol. The minimum Gasteiger partial charge on any atom is -0.503 e. The highest BCUT2D eigenvalue weighted by molar-refractivity contribution is 7.17. The van der Waals surface area contributed by atoms with E-state index in [0.717, 1.165) is 40.6 Å². The van der Waals surface area contributed by atoms with Crippen LogP contribution in [0, 0.1) is 5.92 Å². The van der Waals surface area contributed by atoms with Gasteiger partial charge in [0, 0.05) is 32.5 Å². The number of nitrogens with zero attached hydrogens (tertiary/aromatic N) is 1. The minimum absolute atomic E-state index is 0.0937. The van der Waals surface area contributed by atoms with E-state index in [-0.39, 0.29) is 12.5 Å². The Morgan fingerprint density at radius 3 is 2.65 bits per heavy atom. The Morgan fingerprint density at radius 1 is 1.18 bits per heavy atom. The van der Waals surface area contributed by atoms with Gasteiger partial charge in [0.2, 0.25) is 0 Å². The van der Waals surface area contributed by atoms with E-state index in [1.165, 1.54) is 37.9 Å². The number of fused-ring (bicyclic) bond motifs is 1. The highest BCUT2D eigenvalue weighted by Crippen LogP contribution is 2.36. The fourth-order valence-corrected chi connectivity index (χ4v) is 4.52. The molecule has 0 atom stereocenters. The van der Waals surface area contributed by atoms with E-state index < -0.39 is 17.7 Å². The summed E-state index contributed by atoms with van der Waals surface area (Å²) in [6.45, 7) is 0.127. The average Bonchev–Trinajstić information content (AvgIpc) is 3.58. The van der Waals surface area contributed by atoms with Gasteiger partial charge in [-0.25, -0.2) is 4.79 Å². The van der Waals surface area contributed by atoms with Crippen LogP contribution < -0.4 is 0 Å². The van der Waals surface area contributed by atoms with Crippen molar-refractivity contribution < 1.29 is 32.3 Å². The van der Waals surface area contributed by atoms with E-state index in [1.807, 2.05) is 23.6 Å². The number of carbonyl (C=O) groups excluding carboxylic acids is 1. The second-order valence-corrected chi connectivity index (χ2v) is 8.75. The lowest BCUT2D eigenvalue weighted by Gasteiger charge is -2.10. The summed E-state index contributed by atoms with van der Waals surface area (Å²) in [7, 11) is 2.76. The number of esters is 1. The molecule has 34 heavy (non-hydrogen) atoms. The van der Waals surface area contributed by atoms with Gasteiger partial charge in [-0.3, -0.25) is 0 Å². The van der Waals surface area contributed by atoms with E-state index in [2.05, 4.69) is 5.16 Å². The van der Waals surface area contributed by atoms with Gasteiger partial charge in [-0.1, -0.05) is 23.4 Å². The summed E-state index contributed by atoms with van der Waals surface area (Å²) in [5.74, 6) is -0.417. The molecule has 0 amide bonds. The van der Waals surface area contributed by atoms with Crippen molar-refractivity contribution in [3.63, 3.8) is 0 Å². The van der Waals surface area contributed by atoms with Crippen molar-refractivity contribution in [2.75, 3.05) is 14.2 Å². The number of methoxy groups -OCH3 is 2. The fraction of sp³-hybridized carbons (Fsp3) is 0.280. The maximum Gasteiger partial charge on any atom is 0.416 e. The van der Waals surface area contributed by atoms with Crippen LogP contribution in [0.1, 0.15) is 35.1 Å². The Bertz CT molecular complexity index is 1260. The van der Waals surface area contributed by atoms with Crippen LogP contribution in [-0.4, -0.2) is 25.9 Å². The Kier molecular flexibility index (Phi) is 6.92. The van der Waals surface area contributed by atoms with Crippen LogP contribution in [0.25, 0.3) is 15.7 Å². The molecule has 1 heterocycles. The summed E-state index contributed by atoms with van der Waals surface area (Å²) >= 11 is 1.48. The Hall–Kier alpha value is -3.33. The summed E-state index contributed by atoms with van der Waals surface area (Å²) < 4.78 is 50.2. The molecule has 4 rings (SSSR count).